The van der Waals surface area contributed by atoms with E-state index in [4.69, 9.17) is 29.2 Å². The molecule has 0 amide bonds. The molecule has 3 aromatic carbocycles. The van der Waals surface area contributed by atoms with Crippen molar-refractivity contribution in [2.24, 2.45) is 0 Å². The number of nitrogens with zero attached hydrogens (tertiary/aromatic N) is 2. The maximum atomic E-state index is 12.5. The van der Waals surface area contributed by atoms with Gasteiger partial charge >= 0.3 is 13.5 Å². The Labute approximate surface area is 247 Å². The van der Waals surface area contributed by atoms with Crippen LogP contribution in [0.3, 0.4) is 0 Å². The number of nitrogen functional groups attached to an aromatic ring is 1. The minimum absolute atomic E-state index is 0.0359. The topological polar surface area (TPSA) is 165 Å². The number of rotatable bonds is 11. The zero-order valence-corrected chi connectivity index (χ0v) is 24.4. The number of nitrogens with two attached hydrogens (primary N) is 1. The van der Waals surface area contributed by atoms with Crippen LogP contribution in [0.15, 0.2) is 95.9 Å². The highest BCUT2D eigenvalue weighted by molar-refractivity contribution is 7.46. The summed E-state index contributed by atoms with van der Waals surface area (Å²) in [4.78, 5) is 35.6. The molecule has 0 spiro atoms. The first-order chi connectivity index (χ1) is 20.6. The molecule has 4 N–H and O–H groups in total. The van der Waals surface area contributed by atoms with Gasteiger partial charge in [0.05, 0.1) is 20.8 Å². The van der Waals surface area contributed by atoms with Crippen LogP contribution in [0.1, 0.15) is 29.3 Å². The maximum absolute atomic E-state index is 12.5. The summed E-state index contributed by atoms with van der Waals surface area (Å²) < 4.78 is 42.0. The summed E-state index contributed by atoms with van der Waals surface area (Å²) in [5, 5.41) is 0. The highest BCUT2D eigenvalue weighted by Crippen LogP contribution is 2.46. The normalized spacial score (nSPS) is 18.8. The van der Waals surface area contributed by atoms with E-state index in [0.717, 1.165) is 16.7 Å². The van der Waals surface area contributed by atoms with Gasteiger partial charge in [-0.2, -0.15) is 4.98 Å². The molecule has 0 aliphatic carbocycles. The van der Waals surface area contributed by atoms with Gasteiger partial charge in [-0.05, 0) is 47.0 Å². The first-order valence-electron chi connectivity index (χ1n) is 13.4. The minimum atomic E-state index is -4.93. The van der Waals surface area contributed by atoms with E-state index in [1.54, 1.807) is 14.2 Å². The summed E-state index contributed by atoms with van der Waals surface area (Å²) in [6.07, 6.45) is -1.67. The Kier molecular flexibility index (Phi) is 8.97. The molecule has 1 aromatic heterocycles. The second kappa shape index (κ2) is 12.7. The van der Waals surface area contributed by atoms with Gasteiger partial charge in [-0.1, -0.05) is 54.6 Å². The Hall–Kier alpha value is -4.03. The average Bonchev–Trinajstić information content (AvgIpc) is 3.39. The lowest BCUT2D eigenvalue weighted by atomic mass is 9.80. The van der Waals surface area contributed by atoms with E-state index >= 15 is 0 Å². The quantitative estimate of drug-likeness (QED) is 0.168. The fourth-order valence-electron chi connectivity index (χ4n) is 5.23. The van der Waals surface area contributed by atoms with Gasteiger partial charge in [0.2, 0.25) is 0 Å². The van der Waals surface area contributed by atoms with E-state index in [0.29, 0.717) is 11.5 Å². The summed E-state index contributed by atoms with van der Waals surface area (Å²) in [7, 11) is -1.77. The molecule has 0 radical (unpaired) electrons. The molecule has 1 saturated heterocycles. The molecule has 13 heteroatoms. The number of hydrogen-bond donors (Lipinski definition) is 3. The standard InChI is InChI=1S/C30H32N3O9P/c1-38-23-12-8-21(9-13-23)30(20-6-4-3-5-7-20,22-10-14-24(39-2)15-11-22)40-19-26-25(42-43(35,36)37)18-28(41-26)33-17-16-27(31)32-29(33)34/h3-17,25-26,28H,18-19H2,1-2H3,(H2,31,32,34)(H2,35,36,37)/t25-,26+,28+/m0/s1. The number of aromatic nitrogens is 2. The first-order valence-corrected chi connectivity index (χ1v) is 14.9. The fraction of sp³-hybridized carbons (Fsp3) is 0.267. The molecule has 0 unspecified atom stereocenters. The summed E-state index contributed by atoms with van der Waals surface area (Å²) in [6, 6.07) is 25.8. The third-order valence-electron chi connectivity index (χ3n) is 7.25. The highest BCUT2D eigenvalue weighted by Gasteiger charge is 2.44. The van der Waals surface area contributed by atoms with Crippen LogP contribution in [-0.4, -0.2) is 52.4 Å². The van der Waals surface area contributed by atoms with E-state index < -0.39 is 37.5 Å². The van der Waals surface area contributed by atoms with Crippen molar-refractivity contribution >= 4 is 13.6 Å². The largest absolute Gasteiger partial charge is 0.497 e. The third-order valence-corrected chi connectivity index (χ3v) is 7.80. The molecule has 2 heterocycles. The molecule has 43 heavy (non-hydrogen) atoms. The van der Waals surface area contributed by atoms with Gasteiger partial charge in [0.15, 0.2) is 0 Å². The number of benzene rings is 3. The van der Waals surface area contributed by atoms with Crippen molar-refractivity contribution in [2.75, 3.05) is 26.6 Å². The van der Waals surface area contributed by atoms with E-state index in [-0.39, 0.29) is 18.8 Å². The second-order valence-electron chi connectivity index (χ2n) is 9.86. The van der Waals surface area contributed by atoms with Gasteiger partial charge < -0.3 is 34.5 Å². The molecule has 3 atom stereocenters. The Morgan fingerprint density at radius 1 is 0.930 bits per heavy atom. The maximum Gasteiger partial charge on any atom is 0.469 e. The van der Waals surface area contributed by atoms with Crippen LogP contribution in [0.5, 0.6) is 11.5 Å². The number of anilines is 1. The molecule has 0 bridgehead atoms. The van der Waals surface area contributed by atoms with E-state index in [1.807, 2.05) is 78.9 Å². The molecular formula is C30H32N3O9P. The molecule has 4 aromatic rings. The molecule has 1 aliphatic heterocycles. The van der Waals surface area contributed by atoms with Crippen LogP contribution < -0.4 is 20.9 Å². The number of hydrogen-bond acceptors (Lipinski definition) is 9. The smallest absolute Gasteiger partial charge is 0.469 e. The molecule has 12 nitrogen and oxygen atoms in total. The number of methoxy groups -OCH3 is 2. The van der Waals surface area contributed by atoms with Crippen molar-refractivity contribution < 1.29 is 37.8 Å². The predicted molar refractivity (Wildman–Crippen MR) is 157 cm³/mol. The van der Waals surface area contributed by atoms with Crippen LogP contribution in [-0.2, 0) is 24.2 Å². The average molecular weight is 610 g/mol. The Morgan fingerprint density at radius 3 is 2.00 bits per heavy atom. The van der Waals surface area contributed by atoms with E-state index in [1.165, 1.54) is 16.8 Å². The van der Waals surface area contributed by atoms with Gasteiger partial charge in [0.1, 0.15) is 41.4 Å². The number of phosphoric acid groups is 1. The zero-order chi connectivity index (χ0) is 30.6. The predicted octanol–water partition coefficient (Wildman–Crippen LogP) is 3.62. The lowest BCUT2D eigenvalue weighted by Gasteiger charge is -2.37. The van der Waals surface area contributed by atoms with Crippen LogP contribution in [0.4, 0.5) is 5.82 Å². The van der Waals surface area contributed by atoms with E-state index in [2.05, 4.69) is 4.98 Å². The SMILES string of the molecule is COc1ccc(C(OC[C@H]2O[C@@H](n3ccc(N)nc3=O)C[C@@H]2OP(=O)(O)O)(c2ccccc2)c2ccc(OC)cc2)cc1. The summed E-state index contributed by atoms with van der Waals surface area (Å²) in [5.74, 6) is 1.34. The van der Waals surface area contributed by atoms with E-state index in [9.17, 15) is 19.1 Å². The molecule has 5 rings (SSSR count). The molecular weight excluding hydrogens is 577 g/mol. The lowest BCUT2D eigenvalue weighted by Crippen LogP contribution is -2.38. The zero-order valence-electron chi connectivity index (χ0n) is 23.5. The summed E-state index contributed by atoms with van der Waals surface area (Å²) in [6.45, 7) is -0.175. The Morgan fingerprint density at radius 2 is 1.49 bits per heavy atom. The fourth-order valence-corrected chi connectivity index (χ4v) is 5.81. The van der Waals surface area contributed by atoms with Gasteiger partial charge in [-0.3, -0.25) is 9.09 Å². The molecule has 1 aliphatic rings. The van der Waals surface area contributed by atoms with Crippen molar-refractivity contribution in [3.05, 3.63) is 118 Å². The monoisotopic (exact) mass is 609 g/mol. The number of ether oxygens (including phenoxy) is 4. The van der Waals surface area contributed by atoms with Gasteiger partial charge in [-0.15, -0.1) is 0 Å². The van der Waals surface area contributed by atoms with Crippen molar-refractivity contribution in [1.29, 1.82) is 0 Å². The van der Waals surface area contributed by atoms with Crippen molar-refractivity contribution in [3.8, 4) is 11.5 Å². The Bertz CT molecular complexity index is 1580. The summed E-state index contributed by atoms with van der Waals surface area (Å²) >= 11 is 0. The Balaban J connectivity index is 1.58. The lowest BCUT2D eigenvalue weighted by molar-refractivity contribution is -0.0934. The van der Waals surface area contributed by atoms with Gasteiger partial charge in [0.25, 0.3) is 0 Å². The van der Waals surface area contributed by atoms with Crippen molar-refractivity contribution in [2.45, 2.75) is 30.5 Å². The van der Waals surface area contributed by atoms with Crippen LogP contribution >= 0.6 is 7.82 Å². The summed E-state index contributed by atoms with van der Waals surface area (Å²) in [5.41, 5.74) is 6.04. The van der Waals surface area contributed by atoms with Gasteiger partial charge in [0, 0.05) is 12.6 Å². The first kappa shape index (κ1) is 30.4. The van der Waals surface area contributed by atoms with Crippen LogP contribution in [0.25, 0.3) is 0 Å². The minimum Gasteiger partial charge on any atom is -0.497 e. The van der Waals surface area contributed by atoms with Crippen molar-refractivity contribution in [1.82, 2.24) is 9.55 Å². The molecule has 226 valence electrons. The van der Waals surface area contributed by atoms with Crippen LogP contribution in [0, 0.1) is 0 Å². The van der Waals surface area contributed by atoms with Gasteiger partial charge in [-0.25, -0.2) is 9.36 Å². The third kappa shape index (κ3) is 6.65. The highest BCUT2D eigenvalue weighted by atomic mass is 31.2. The molecule has 0 saturated carbocycles. The van der Waals surface area contributed by atoms with Crippen molar-refractivity contribution in [3.63, 3.8) is 0 Å². The molecule has 1 fully saturated rings. The van der Waals surface area contributed by atoms with Crippen LogP contribution in [0.2, 0.25) is 0 Å². The number of phosphoric ester groups is 1. The second-order valence-corrected chi connectivity index (χ2v) is 11.0.